The number of H-pyrrole nitrogens is 1. The lowest BCUT2D eigenvalue weighted by atomic mass is 9.90. The first-order valence-electron chi connectivity index (χ1n) is 8.80. The van der Waals surface area contributed by atoms with Crippen molar-refractivity contribution in [1.29, 1.82) is 0 Å². The molecule has 2 aliphatic heterocycles. The number of aromatic amines is 1. The van der Waals surface area contributed by atoms with E-state index in [2.05, 4.69) is 11.1 Å². The number of benzene rings is 1. The monoisotopic (exact) mass is 341 g/mol. The number of ether oxygens (including phenoxy) is 1. The van der Waals surface area contributed by atoms with Gasteiger partial charge in [0.1, 0.15) is 6.04 Å². The summed E-state index contributed by atoms with van der Waals surface area (Å²) in [6.45, 7) is 3.33. The minimum absolute atomic E-state index is 0.0267. The summed E-state index contributed by atoms with van der Waals surface area (Å²) >= 11 is 0. The number of carbonyl (C=O) groups is 2. The summed E-state index contributed by atoms with van der Waals surface area (Å²) in [6, 6.07) is 7.62. The molecule has 3 heterocycles. The number of carbonyl (C=O) groups excluding carboxylic acids is 2. The van der Waals surface area contributed by atoms with Gasteiger partial charge in [-0.05, 0) is 25.0 Å². The lowest BCUT2D eigenvalue weighted by Gasteiger charge is -2.46. The summed E-state index contributed by atoms with van der Waals surface area (Å²) in [5, 5.41) is 1.15. The van der Waals surface area contributed by atoms with E-state index in [1.54, 1.807) is 16.9 Å². The molecular weight excluding hydrogens is 318 g/mol. The van der Waals surface area contributed by atoms with E-state index in [0.29, 0.717) is 19.6 Å². The van der Waals surface area contributed by atoms with E-state index in [4.69, 9.17) is 4.74 Å². The molecule has 1 N–H and O–H groups in total. The van der Waals surface area contributed by atoms with Gasteiger partial charge in [-0.3, -0.25) is 9.59 Å². The predicted octanol–water partition coefficient (Wildman–Crippen LogP) is 1.86. The van der Waals surface area contributed by atoms with Crippen molar-refractivity contribution in [3.8, 4) is 0 Å². The van der Waals surface area contributed by atoms with Crippen LogP contribution in [0.1, 0.15) is 30.6 Å². The van der Waals surface area contributed by atoms with Gasteiger partial charge in [-0.1, -0.05) is 18.2 Å². The standard InChI is InChI=1S/C19H23N3O3/c1-12-18-14(13-6-3-4-7-15(13)20-18)10-16-19(24)21(8-5-9-25-2)11-17(23)22(12)16/h3-4,6-7,12,16,20H,5,8-11H2,1-2H3/t12-,16+/m1/s1. The number of aromatic nitrogens is 1. The van der Waals surface area contributed by atoms with Crippen LogP contribution >= 0.6 is 0 Å². The van der Waals surface area contributed by atoms with Gasteiger partial charge in [-0.2, -0.15) is 0 Å². The second-order valence-electron chi connectivity index (χ2n) is 6.87. The Morgan fingerprint density at radius 2 is 2.08 bits per heavy atom. The van der Waals surface area contributed by atoms with Crippen LogP contribution in [0.15, 0.2) is 24.3 Å². The van der Waals surface area contributed by atoms with Gasteiger partial charge in [-0.15, -0.1) is 0 Å². The summed E-state index contributed by atoms with van der Waals surface area (Å²) in [6.07, 6.45) is 1.32. The van der Waals surface area contributed by atoms with Gasteiger partial charge < -0.3 is 19.5 Å². The number of hydrogen-bond acceptors (Lipinski definition) is 3. The molecule has 25 heavy (non-hydrogen) atoms. The Balaban J connectivity index is 1.68. The largest absolute Gasteiger partial charge is 0.385 e. The Labute approximate surface area is 146 Å². The second kappa shape index (κ2) is 6.19. The first-order chi connectivity index (χ1) is 12.1. The maximum Gasteiger partial charge on any atom is 0.246 e. The third-order valence-corrected chi connectivity index (χ3v) is 5.40. The highest BCUT2D eigenvalue weighted by molar-refractivity contribution is 5.97. The van der Waals surface area contributed by atoms with Crippen LogP contribution in [0.4, 0.5) is 0 Å². The molecule has 1 saturated heterocycles. The summed E-state index contributed by atoms with van der Waals surface area (Å²) in [7, 11) is 1.65. The highest BCUT2D eigenvalue weighted by Gasteiger charge is 2.45. The van der Waals surface area contributed by atoms with Crippen LogP contribution in [-0.2, 0) is 20.7 Å². The Morgan fingerprint density at radius 1 is 1.28 bits per heavy atom. The first kappa shape index (κ1) is 16.1. The van der Waals surface area contributed by atoms with E-state index < -0.39 is 6.04 Å². The normalized spacial score (nSPS) is 23.1. The van der Waals surface area contributed by atoms with Crippen LogP contribution in [0.3, 0.4) is 0 Å². The fourth-order valence-corrected chi connectivity index (χ4v) is 4.22. The van der Waals surface area contributed by atoms with E-state index in [1.807, 2.05) is 25.1 Å². The molecular formula is C19H23N3O3. The highest BCUT2D eigenvalue weighted by Crippen LogP contribution is 2.38. The molecule has 0 unspecified atom stereocenters. The summed E-state index contributed by atoms with van der Waals surface area (Å²) in [5.41, 5.74) is 3.30. The van der Waals surface area contributed by atoms with Crippen molar-refractivity contribution >= 4 is 22.7 Å². The topological polar surface area (TPSA) is 65.6 Å². The fraction of sp³-hybridized carbons (Fsp3) is 0.474. The van der Waals surface area contributed by atoms with Crippen molar-refractivity contribution in [3.05, 3.63) is 35.5 Å². The molecule has 1 aromatic carbocycles. The SMILES string of the molecule is COCCCN1CC(=O)N2[C@H](C)c3[nH]c4ccccc4c3C[C@H]2C1=O. The Morgan fingerprint density at radius 3 is 2.88 bits per heavy atom. The molecule has 0 aliphatic carbocycles. The molecule has 2 amide bonds. The Bertz CT molecular complexity index is 828. The first-order valence-corrected chi connectivity index (χ1v) is 8.80. The number of hydrogen-bond donors (Lipinski definition) is 1. The number of methoxy groups -OCH3 is 1. The molecule has 0 spiro atoms. The number of rotatable bonds is 4. The maximum absolute atomic E-state index is 13.0. The fourth-order valence-electron chi connectivity index (χ4n) is 4.22. The van der Waals surface area contributed by atoms with Crippen LogP contribution in [0, 0.1) is 0 Å². The minimum Gasteiger partial charge on any atom is -0.385 e. The molecule has 0 saturated carbocycles. The number of piperazine rings is 1. The van der Waals surface area contributed by atoms with Crippen LogP contribution in [-0.4, -0.2) is 59.4 Å². The van der Waals surface area contributed by atoms with Crippen LogP contribution in [0.25, 0.3) is 10.9 Å². The molecule has 6 heteroatoms. The molecule has 4 rings (SSSR count). The number of fused-ring (bicyclic) bond motifs is 4. The summed E-state index contributed by atoms with van der Waals surface area (Å²) in [4.78, 5) is 32.6. The van der Waals surface area contributed by atoms with E-state index in [0.717, 1.165) is 23.0 Å². The Hall–Kier alpha value is -2.34. The highest BCUT2D eigenvalue weighted by atomic mass is 16.5. The number of nitrogens with one attached hydrogen (secondary N) is 1. The van der Waals surface area contributed by atoms with Gasteiger partial charge in [0.05, 0.1) is 12.6 Å². The van der Waals surface area contributed by atoms with E-state index in [-0.39, 0.29) is 24.4 Å². The molecule has 1 aromatic heterocycles. The third kappa shape index (κ3) is 2.52. The lowest BCUT2D eigenvalue weighted by Crippen LogP contribution is -2.62. The van der Waals surface area contributed by atoms with E-state index >= 15 is 0 Å². The molecule has 2 aliphatic rings. The zero-order valence-electron chi connectivity index (χ0n) is 14.6. The van der Waals surface area contributed by atoms with Gasteiger partial charge in [-0.25, -0.2) is 0 Å². The zero-order chi connectivity index (χ0) is 17.6. The number of nitrogens with zero attached hydrogens (tertiary/aromatic N) is 2. The Kier molecular flexibility index (Phi) is 4.00. The average molecular weight is 341 g/mol. The van der Waals surface area contributed by atoms with Gasteiger partial charge in [0.15, 0.2) is 0 Å². The zero-order valence-corrected chi connectivity index (χ0v) is 14.6. The van der Waals surface area contributed by atoms with Crippen molar-refractivity contribution in [1.82, 2.24) is 14.8 Å². The molecule has 2 atom stereocenters. The van der Waals surface area contributed by atoms with E-state index in [9.17, 15) is 9.59 Å². The minimum atomic E-state index is -0.398. The molecule has 2 aromatic rings. The smallest absolute Gasteiger partial charge is 0.246 e. The van der Waals surface area contributed by atoms with Crippen molar-refractivity contribution in [2.24, 2.45) is 0 Å². The molecule has 0 bridgehead atoms. The number of amides is 2. The molecule has 6 nitrogen and oxygen atoms in total. The molecule has 0 radical (unpaired) electrons. The van der Waals surface area contributed by atoms with Gasteiger partial charge >= 0.3 is 0 Å². The lowest BCUT2D eigenvalue weighted by molar-refractivity contribution is -0.159. The predicted molar refractivity (Wildman–Crippen MR) is 94.1 cm³/mol. The molecule has 1 fully saturated rings. The van der Waals surface area contributed by atoms with Crippen LogP contribution in [0.5, 0.6) is 0 Å². The number of para-hydroxylation sites is 1. The summed E-state index contributed by atoms with van der Waals surface area (Å²) in [5.74, 6) is 0.0808. The quantitative estimate of drug-likeness (QED) is 0.863. The third-order valence-electron chi connectivity index (χ3n) is 5.40. The van der Waals surface area contributed by atoms with Crippen LogP contribution < -0.4 is 0 Å². The van der Waals surface area contributed by atoms with E-state index in [1.165, 1.54) is 5.56 Å². The van der Waals surface area contributed by atoms with Crippen LogP contribution in [0.2, 0.25) is 0 Å². The van der Waals surface area contributed by atoms with Gasteiger partial charge in [0.2, 0.25) is 11.8 Å². The average Bonchev–Trinajstić information content (AvgIpc) is 2.98. The maximum atomic E-state index is 13.0. The van der Waals surface area contributed by atoms with Crippen molar-refractivity contribution in [2.75, 3.05) is 26.8 Å². The second-order valence-corrected chi connectivity index (χ2v) is 6.87. The van der Waals surface area contributed by atoms with Crippen molar-refractivity contribution < 1.29 is 14.3 Å². The van der Waals surface area contributed by atoms with Crippen molar-refractivity contribution in [3.63, 3.8) is 0 Å². The summed E-state index contributed by atoms with van der Waals surface area (Å²) < 4.78 is 5.07. The van der Waals surface area contributed by atoms with Gasteiger partial charge in [0, 0.05) is 43.3 Å². The molecule has 132 valence electrons. The van der Waals surface area contributed by atoms with Gasteiger partial charge in [0.25, 0.3) is 0 Å². The van der Waals surface area contributed by atoms with Crippen molar-refractivity contribution in [2.45, 2.75) is 31.8 Å².